The molecular formula is C20H23NO4. The van der Waals surface area contributed by atoms with Crippen molar-refractivity contribution in [2.24, 2.45) is 5.73 Å². The zero-order chi connectivity index (χ0) is 18.8. The molecule has 0 bridgehead atoms. The molecule has 2 atom stereocenters. The third-order valence-electron chi connectivity index (χ3n) is 3.33. The summed E-state index contributed by atoms with van der Waals surface area (Å²) in [5.41, 5.74) is 6.78. The number of carbonyl (C=O) groups is 2. The summed E-state index contributed by atoms with van der Waals surface area (Å²) in [4.78, 5) is 22.5. The Morgan fingerprint density at radius 1 is 1.04 bits per heavy atom. The predicted octanol–water partition coefficient (Wildman–Crippen LogP) is 3.82. The largest absolute Gasteiger partial charge is 0.478 e. The van der Waals surface area contributed by atoms with Crippen LogP contribution in [0.15, 0.2) is 67.3 Å². The van der Waals surface area contributed by atoms with Crippen molar-refractivity contribution in [2.45, 2.75) is 26.0 Å². The lowest BCUT2D eigenvalue weighted by Crippen LogP contribution is -2.16. The number of carboxylic acid groups (broad SMARTS) is 1. The highest BCUT2D eigenvalue weighted by Crippen LogP contribution is 2.11. The molecule has 0 saturated heterocycles. The first-order valence-electron chi connectivity index (χ1n) is 7.83. The molecular weight excluding hydrogens is 318 g/mol. The second-order valence-corrected chi connectivity index (χ2v) is 5.40. The van der Waals surface area contributed by atoms with Gasteiger partial charge in [-0.2, -0.15) is 0 Å². The highest BCUT2D eigenvalue weighted by molar-refractivity contribution is 6.02. The Hall–Kier alpha value is -2.92. The SMILES string of the molecule is C=C[C@H](C)OC(=O)c1ccccc1C(=O)O.CC(N)c1ccccc1. The Morgan fingerprint density at radius 3 is 2.00 bits per heavy atom. The van der Waals surface area contributed by atoms with E-state index in [0.29, 0.717) is 0 Å². The third kappa shape index (κ3) is 6.61. The van der Waals surface area contributed by atoms with Crippen molar-refractivity contribution < 1.29 is 19.4 Å². The Morgan fingerprint density at radius 2 is 1.56 bits per heavy atom. The van der Waals surface area contributed by atoms with E-state index in [1.54, 1.807) is 19.1 Å². The maximum Gasteiger partial charge on any atom is 0.339 e. The van der Waals surface area contributed by atoms with Gasteiger partial charge in [-0.05, 0) is 31.5 Å². The molecule has 2 aromatic carbocycles. The lowest BCUT2D eigenvalue weighted by atomic mass is 10.1. The van der Waals surface area contributed by atoms with E-state index in [1.165, 1.54) is 23.8 Å². The van der Waals surface area contributed by atoms with Crippen LogP contribution < -0.4 is 5.73 Å². The zero-order valence-corrected chi connectivity index (χ0v) is 14.4. The lowest BCUT2D eigenvalue weighted by molar-refractivity contribution is 0.0417. The summed E-state index contributed by atoms with van der Waals surface area (Å²) in [6.45, 7) is 7.10. The summed E-state index contributed by atoms with van der Waals surface area (Å²) < 4.78 is 4.96. The number of benzene rings is 2. The first-order valence-corrected chi connectivity index (χ1v) is 7.83. The zero-order valence-electron chi connectivity index (χ0n) is 14.4. The van der Waals surface area contributed by atoms with Gasteiger partial charge in [-0.25, -0.2) is 9.59 Å². The van der Waals surface area contributed by atoms with Gasteiger partial charge in [0.25, 0.3) is 0 Å². The minimum Gasteiger partial charge on any atom is -0.478 e. The number of carbonyl (C=O) groups excluding carboxylic acids is 1. The van der Waals surface area contributed by atoms with Crippen molar-refractivity contribution in [3.05, 3.63) is 83.9 Å². The molecule has 1 unspecified atom stereocenters. The van der Waals surface area contributed by atoms with Crippen LogP contribution in [0.25, 0.3) is 0 Å². The van der Waals surface area contributed by atoms with Gasteiger partial charge in [0.1, 0.15) is 6.10 Å². The highest BCUT2D eigenvalue weighted by atomic mass is 16.5. The first-order chi connectivity index (χ1) is 11.9. The van der Waals surface area contributed by atoms with Crippen LogP contribution in [-0.4, -0.2) is 23.1 Å². The molecule has 5 heteroatoms. The summed E-state index contributed by atoms with van der Waals surface area (Å²) in [5, 5.41) is 8.88. The van der Waals surface area contributed by atoms with E-state index in [9.17, 15) is 9.59 Å². The number of aromatic carboxylic acids is 1. The van der Waals surface area contributed by atoms with Gasteiger partial charge in [0, 0.05) is 6.04 Å². The van der Waals surface area contributed by atoms with Crippen LogP contribution in [0.2, 0.25) is 0 Å². The molecule has 5 nitrogen and oxygen atoms in total. The molecule has 3 N–H and O–H groups in total. The topological polar surface area (TPSA) is 89.6 Å². The molecule has 132 valence electrons. The van der Waals surface area contributed by atoms with Crippen LogP contribution in [0.4, 0.5) is 0 Å². The molecule has 0 radical (unpaired) electrons. The summed E-state index contributed by atoms with van der Waals surface area (Å²) in [7, 11) is 0. The number of nitrogens with two attached hydrogens (primary N) is 1. The maximum atomic E-state index is 11.6. The molecule has 0 saturated carbocycles. The number of hydrogen-bond donors (Lipinski definition) is 2. The van der Waals surface area contributed by atoms with Crippen LogP contribution in [0.5, 0.6) is 0 Å². The monoisotopic (exact) mass is 341 g/mol. The molecule has 0 aromatic heterocycles. The molecule has 0 aliphatic rings. The van der Waals surface area contributed by atoms with E-state index in [2.05, 4.69) is 6.58 Å². The van der Waals surface area contributed by atoms with Gasteiger partial charge in [0.15, 0.2) is 0 Å². The maximum absolute atomic E-state index is 11.6. The fourth-order valence-corrected chi connectivity index (χ4v) is 1.88. The number of hydrogen-bond acceptors (Lipinski definition) is 4. The standard InChI is InChI=1S/C12H12O4.C8H11N/c1-3-8(2)16-12(15)10-7-5-4-6-9(10)11(13)14;1-7(9)8-5-3-2-4-6-8/h3-8H,1H2,2H3,(H,13,14);2-7H,9H2,1H3/t8-;/m0./s1. The average Bonchev–Trinajstić information content (AvgIpc) is 2.62. The molecule has 0 spiro atoms. The Labute approximate surface area is 147 Å². The van der Waals surface area contributed by atoms with Gasteiger partial charge < -0.3 is 15.6 Å². The van der Waals surface area contributed by atoms with E-state index in [0.717, 1.165) is 0 Å². The van der Waals surface area contributed by atoms with Crippen molar-refractivity contribution in [3.8, 4) is 0 Å². The second kappa shape index (κ2) is 10.1. The van der Waals surface area contributed by atoms with Gasteiger partial charge >= 0.3 is 11.9 Å². The van der Waals surface area contributed by atoms with E-state index in [-0.39, 0.29) is 17.2 Å². The van der Waals surface area contributed by atoms with E-state index < -0.39 is 18.0 Å². The molecule has 2 rings (SSSR count). The molecule has 25 heavy (non-hydrogen) atoms. The van der Waals surface area contributed by atoms with Crippen LogP contribution >= 0.6 is 0 Å². The van der Waals surface area contributed by atoms with Crippen molar-refractivity contribution in [2.75, 3.05) is 0 Å². The lowest BCUT2D eigenvalue weighted by Gasteiger charge is -2.10. The van der Waals surface area contributed by atoms with Gasteiger partial charge in [-0.1, -0.05) is 55.1 Å². The Balaban J connectivity index is 0.000000293. The van der Waals surface area contributed by atoms with Crippen molar-refractivity contribution in [1.82, 2.24) is 0 Å². The van der Waals surface area contributed by atoms with Crippen LogP contribution in [0.3, 0.4) is 0 Å². The van der Waals surface area contributed by atoms with Crippen molar-refractivity contribution >= 4 is 11.9 Å². The Bertz CT molecular complexity index is 711. The fraction of sp³-hybridized carbons (Fsp3) is 0.200. The summed E-state index contributed by atoms with van der Waals surface area (Å²) >= 11 is 0. The minimum atomic E-state index is -1.15. The summed E-state index contributed by atoms with van der Waals surface area (Å²) in [5.74, 6) is -1.82. The highest BCUT2D eigenvalue weighted by Gasteiger charge is 2.17. The van der Waals surface area contributed by atoms with Gasteiger partial charge in [0.2, 0.25) is 0 Å². The first kappa shape index (κ1) is 20.1. The molecule has 0 aliphatic heterocycles. The summed E-state index contributed by atoms with van der Waals surface area (Å²) in [6, 6.07) is 16.1. The molecule has 0 amide bonds. The van der Waals surface area contributed by atoms with E-state index in [4.69, 9.17) is 15.6 Å². The number of esters is 1. The van der Waals surface area contributed by atoms with Gasteiger partial charge in [0.05, 0.1) is 11.1 Å². The van der Waals surface area contributed by atoms with Gasteiger partial charge in [-0.3, -0.25) is 0 Å². The van der Waals surface area contributed by atoms with Crippen molar-refractivity contribution in [1.29, 1.82) is 0 Å². The normalized spacial score (nSPS) is 12.1. The quantitative estimate of drug-likeness (QED) is 0.637. The van der Waals surface area contributed by atoms with E-state index >= 15 is 0 Å². The smallest absolute Gasteiger partial charge is 0.339 e. The van der Waals surface area contributed by atoms with Gasteiger partial charge in [-0.15, -0.1) is 0 Å². The number of rotatable bonds is 5. The molecule has 0 heterocycles. The average molecular weight is 341 g/mol. The second-order valence-electron chi connectivity index (χ2n) is 5.40. The Kier molecular flexibility index (Phi) is 8.09. The molecule has 2 aromatic rings. The van der Waals surface area contributed by atoms with Crippen LogP contribution in [0.1, 0.15) is 46.2 Å². The molecule has 0 fully saturated rings. The van der Waals surface area contributed by atoms with E-state index in [1.807, 2.05) is 37.3 Å². The summed E-state index contributed by atoms with van der Waals surface area (Å²) in [6.07, 6.45) is 1.01. The molecule has 0 aliphatic carbocycles. The number of carboxylic acids is 1. The van der Waals surface area contributed by atoms with Crippen molar-refractivity contribution in [3.63, 3.8) is 0 Å². The number of ether oxygens (including phenoxy) is 1. The minimum absolute atomic E-state index is 0.0451. The van der Waals surface area contributed by atoms with Crippen LogP contribution in [-0.2, 0) is 4.74 Å². The van der Waals surface area contributed by atoms with Crippen LogP contribution in [0, 0.1) is 0 Å². The fourth-order valence-electron chi connectivity index (χ4n) is 1.88. The third-order valence-corrected chi connectivity index (χ3v) is 3.33. The predicted molar refractivity (Wildman–Crippen MR) is 97.5 cm³/mol.